The van der Waals surface area contributed by atoms with E-state index in [4.69, 9.17) is 4.42 Å². The van der Waals surface area contributed by atoms with E-state index in [0.29, 0.717) is 22.2 Å². The van der Waals surface area contributed by atoms with Gasteiger partial charge in [-0.05, 0) is 55.8 Å². The van der Waals surface area contributed by atoms with Crippen molar-refractivity contribution in [2.24, 2.45) is 0 Å². The molecule has 1 atom stereocenters. The van der Waals surface area contributed by atoms with Crippen molar-refractivity contribution >= 4 is 22.6 Å². The molecule has 4 rings (SSSR count). The molecule has 154 valence electrons. The molecule has 6 nitrogen and oxygen atoms in total. The molecule has 7 heteroatoms. The molecular formula is C24H17FN2O4. The molecule has 0 spiro atoms. The summed E-state index contributed by atoms with van der Waals surface area (Å²) in [5.41, 5.74) is 1.67. The number of anilines is 1. The van der Waals surface area contributed by atoms with Crippen LogP contribution in [-0.4, -0.2) is 16.1 Å². The number of hydrogen-bond acceptors (Lipinski definition) is 5. The van der Waals surface area contributed by atoms with Crippen molar-refractivity contribution < 1.29 is 18.7 Å². The number of aryl methyl sites for hydroxylation is 1. The number of hydrogen-bond donors (Lipinski definition) is 2. The molecular weight excluding hydrogens is 399 g/mol. The molecule has 0 radical (unpaired) electrons. The zero-order valence-electron chi connectivity index (χ0n) is 16.7. The highest BCUT2D eigenvalue weighted by Gasteiger charge is 2.20. The lowest BCUT2D eigenvalue weighted by Crippen LogP contribution is -2.13. The second kappa shape index (κ2) is 7.92. The van der Waals surface area contributed by atoms with Gasteiger partial charge in [-0.3, -0.25) is 4.79 Å². The van der Waals surface area contributed by atoms with Crippen LogP contribution in [0.4, 0.5) is 10.1 Å². The molecule has 0 bridgehead atoms. The molecule has 2 aromatic heterocycles. The normalized spacial score (nSPS) is 11.7. The van der Waals surface area contributed by atoms with Gasteiger partial charge in [0.15, 0.2) is 11.2 Å². The van der Waals surface area contributed by atoms with Crippen LogP contribution in [0.3, 0.4) is 0 Å². The summed E-state index contributed by atoms with van der Waals surface area (Å²) in [5, 5.41) is 12.8. The predicted molar refractivity (Wildman–Crippen MR) is 114 cm³/mol. The van der Waals surface area contributed by atoms with Crippen LogP contribution in [0.2, 0.25) is 0 Å². The van der Waals surface area contributed by atoms with Crippen LogP contribution in [0, 0.1) is 25.0 Å². The minimum atomic E-state index is -1.38. The van der Waals surface area contributed by atoms with Gasteiger partial charge in [-0.2, -0.15) is 4.98 Å². The number of carbonyl (C=O) groups is 1. The summed E-state index contributed by atoms with van der Waals surface area (Å²) in [6.07, 6.45) is 2.59. The lowest BCUT2D eigenvalue weighted by atomic mass is 10.0. The van der Waals surface area contributed by atoms with Crippen molar-refractivity contribution in [2.75, 3.05) is 5.32 Å². The fourth-order valence-electron chi connectivity index (χ4n) is 3.48. The number of nitrogens with zero attached hydrogens (tertiary/aromatic N) is 1. The molecule has 0 saturated heterocycles. The maximum absolute atomic E-state index is 14.1. The molecule has 4 aromatic rings. The van der Waals surface area contributed by atoms with Gasteiger partial charge in [-0.25, -0.2) is 9.18 Å². The zero-order chi connectivity index (χ0) is 22.1. The highest BCUT2D eigenvalue weighted by atomic mass is 19.1. The summed E-state index contributed by atoms with van der Waals surface area (Å²) >= 11 is 0. The Morgan fingerprint density at radius 1 is 1.26 bits per heavy atom. The number of aromatic carboxylic acids is 1. The highest BCUT2D eigenvalue weighted by Crippen LogP contribution is 2.31. The largest absolute Gasteiger partial charge is 0.478 e. The Hall–Kier alpha value is -4.18. The first-order valence-electron chi connectivity index (χ1n) is 9.47. The molecule has 0 aliphatic rings. The average Bonchev–Trinajstić information content (AvgIpc) is 2.74. The van der Waals surface area contributed by atoms with Crippen molar-refractivity contribution in [3.8, 4) is 11.5 Å². The quantitative estimate of drug-likeness (QED) is 0.487. The fraction of sp³-hybridized carbons (Fsp3) is 0.125. The van der Waals surface area contributed by atoms with Crippen LogP contribution >= 0.6 is 0 Å². The number of rotatable bonds is 5. The Morgan fingerprint density at radius 3 is 2.77 bits per heavy atom. The first kappa shape index (κ1) is 20.1. The van der Waals surface area contributed by atoms with Crippen LogP contribution < -0.4 is 10.7 Å². The zero-order valence-corrected chi connectivity index (χ0v) is 16.7. The Labute approximate surface area is 177 Å². The van der Waals surface area contributed by atoms with Gasteiger partial charge in [-0.1, -0.05) is 12.1 Å². The molecule has 0 aliphatic heterocycles. The number of fused-ring (bicyclic) bond motifs is 1. The molecule has 0 fully saturated rings. The second-order valence-electron chi connectivity index (χ2n) is 7.13. The second-order valence-corrected chi connectivity index (χ2v) is 7.13. The monoisotopic (exact) mass is 416 g/mol. The molecule has 0 amide bonds. The van der Waals surface area contributed by atoms with Gasteiger partial charge < -0.3 is 14.8 Å². The minimum absolute atomic E-state index is 0.128. The summed E-state index contributed by atoms with van der Waals surface area (Å²) in [7, 11) is 0. The third-order valence-corrected chi connectivity index (χ3v) is 4.89. The summed E-state index contributed by atoms with van der Waals surface area (Å²) in [5.74, 6) is -1.94. The van der Waals surface area contributed by atoms with E-state index in [9.17, 15) is 19.1 Å². The summed E-state index contributed by atoms with van der Waals surface area (Å²) < 4.78 is 20.1. The third kappa shape index (κ3) is 3.83. The molecule has 1 unspecified atom stereocenters. The van der Waals surface area contributed by atoms with Crippen LogP contribution in [0.1, 0.15) is 34.5 Å². The maximum Gasteiger partial charge on any atom is 0.340 e. The lowest BCUT2D eigenvalue weighted by Gasteiger charge is -2.19. The van der Waals surface area contributed by atoms with Crippen molar-refractivity contribution in [3.05, 3.63) is 93.5 Å². The first-order valence-corrected chi connectivity index (χ1v) is 9.47. The van der Waals surface area contributed by atoms with E-state index in [-0.39, 0.29) is 16.9 Å². The topological polar surface area (TPSA) is 92.4 Å². The Morgan fingerprint density at radius 2 is 2.06 bits per heavy atom. The Balaban J connectivity index is 1.86. The van der Waals surface area contributed by atoms with E-state index < -0.39 is 23.4 Å². The molecule has 2 aromatic carbocycles. The Kier molecular flexibility index (Phi) is 5.14. The van der Waals surface area contributed by atoms with Crippen LogP contribution in [0.5, 0.6) is 0 Å². The van der Waals surface area contributed by atoms with Crippen molar-refractivity contribution in [1.82, 2.24) is 4.98 Å². The first-order chi connectivity index (χ1) is 14.8. The molecule has 0 aliphatic carbocycles. The molecule has 0 saturated carbocycles. The van der Waals surface area contributed by atoms with Crippen molar-refractivity contribution in [3.63, 3.8) is 0 Å². The SMILES string of the molecule is Cc1cc(C(C)Nc2cccc(F)c2C(=O)O)c2oc(-c3ccc#cn3)cc(=O)c2c1. The number of aromatic nitrogens is 1. The predicted octanol–water partition coefficient (Wildman–Crippen LogP) is 4.77. The minimum Gasteiger partial charge on any atom is -0.478 e. The maximum atomic E-state index is 14.1. The highest BCUT2D eigenvalue weighted by molar-refractivity contribution is 5.94. The van der Waals surface area contributed by atoms with E-state index >= 15 is 0 Å². The van der Waals surface area contributed by atoms with Gasteiger partial charge in [0, 0.05) is 17.8 Å². The van der Waals surface area contributed by atoms with E-state index in [1.165, 1.54) is 18.2 Å². The van der Waals surface area contributed by atoms with E-state index in [1.54, 1.807) is 25.1 Å². The van der Waals surface area contributed by atoms with Crippen molar-refractivity contribution in [1.29, 1.82) is 0 Å². The van der Waals surface area contributed by atoms with Crippen LogP contribution in [0.15, 0.2) is 57.7 Å². The van der Waals surface area contributed by atoms with Gasteiger partial charge in [0.05, 0.1) is 17.1 Å². The number of carboxylic acids is 1. The average molecular weight is 416 g/mol. The number of halogens is 1. The van der Waals surface area contributed by atoms with Crippen molar-refractivity contribution in [2.45, 2.75) is 19.9 Å². The molecule has 31 heavy (non-hydrogen) atoms. The number of benzene rings is 2. The summed E-state index contributed by atoms with van der Waals surface area (Å²) in [4.78, 5) is 28.4. The van der Waals surface area contributed by atoms with Crippen LogP contribution in [-0.2, 0) is 0 Å². The van der Waals surface area contributed by atoms with E-state index in [2.05, 4.69) is 22.6 Å². The molecule has 2 heterocycles. The number of nitrogens with one attached hydrogen (secondary N) is 1. The fourth-order valence-corrected chi connectivity index (χ4v) is 3.48. The molecule has 2 N–H and O–H groups in total. The van der Waals surface area contributed by atoms with E-state index in [1.807, 2.05) is 13.0 Å². The van der Waals surface area contributed by atoms with Gasteiger partial charge in [0.1, 0.15) is 22.7 Å². The van der Waals surface area contributed by atoms with E-state index in [0.717, 1.165) is 11.6 Å². The lowest BCUT2D eigenvalue weighted by molar-refractivity contribution is 0.0693. The van der Waals surface area contributed by atoms with Gasteiger partial charge >= 0.3 is 5.97 Å². The Bertz CT molecular complexity index is 1350. The van der Waals surface area contributed by atoms with Gasteiger partial charge in [0.25, 0.3) is 0 Å². The third-order valence-electron chi connectivity index (χ3n) is 4.89. The standard InChI is InChI=1S/C24H17FN2O4/c1-13-10-15(14(2)27-19-8-5-6-17(25)22(19)24(29)30)23-16(11-13)20(28)12-21(31-23)18-7-3-4-9-26-18/h3,5-8,10-12,14,27H,1-2H3,(H,29,30). The summed E-state index contributed by atoms with van der Waals surface area (Å²) in [6.45, 7) is 3.62. The smallest absolute Gasteiger partial charge is 0.340 e. The van der Waals surface area contributed by atoms with Crippen LogP contribution in [0.25, 0.3) is 22.4 Å². The number of carboxylic acid groups (broad SMARTS) is 1. The van der Waals surface area contributed by atoms with Gasteiger partial charge in [0.2, 0.25) is 0 Å². The summed E-state index contributed by atoms with van der Waals surface area (Å²) in [6, 6.07) is 14.4. The van der Waals surface area contributed by atoms with Gasteiger partial charge in [-0.15, -0.1) is 0 Å².